The number of ether oxygens (including phenoxy) is 1. The van der Waals surface area contributed by atoms with Crippen molar-refractivity contribution in [2.75, 3.05) is 0 Å². The molecule has 0 fully saturated rings. The quantitative estimate of drug-likeness (QED) is 0.451. The van der Waals surface area contributed by atoms with E-state index in [1.54, 1.807) is 17.6 Å². The van der Waals surface area contributed by atoms with E-state index in [-0.39, 0.29) is 0 Å². The molecule has 0 heterocycles. The van der Waals surface area contributed by atoms with Crippen molar-refractivity contribution in [1.82, 2.24) is 5.48 Å². The largest absolute Gasteiger partial charge is 0.480 e. The zero-order chi connectivity index (χ0) is 12.7. The summed E-state index contributed by atoms with van der Waals surface area (Å²) in [5, 5.41) is 8.59. The van der Waals surface area contributed by atoms with Gasteiger partial charge in [0.05, 0.1) is 0 Å². The Kier molecular flexibility index (Phi) is 5.23. The SMILES string of the molecule is C=CCc1ccccc1O[C@H](CC)C(=O)NO. The minimum atomic E-state index is -0.689. The van der Waals surface area contributed by atoms with E-state index in [4.69, 9.17) is 9.94 Å². The van der Waals surface area contributed by atoms with E-state index < -0.39 is 12.0 Å². The lowest BCUT2D eigenvalue weighted by Crippen LogP contribution is -2.36. The van der Waals surface area contributed by atoms with Crippen LogP contribution in [-0.2, 0) is 11.2 Å². The first-order valence-corrected chi connectivity index (χ1v) is 5.52. The van der Waals surface area contributed by atoms with Crippen molar-refractivity contribution < 1.29 is 14.7 Å². The standard InChI is InChI=1S/C13H17NO3/c1-3-7-10-8-5-6-9-12(10)17-11(4-2)13(15)14-16/h3,5-6,8-9,11,16H,1,4,7H2,2H3,(H,14,15)/t11-/m1/s1. The Hall–Kier alpha value is -1.81. The third kappa shape index (κ3) is 3.60. The van der Waals surface area contributed by atoms with Gasteiger partial charge in [-0.2, -0.15) is 0 Å². The van der Waals surface area contributed by atoms with Crippen molar-refractivity contribution in [3.05, 3.63) is 42.5 Å². The molecule has 0 aromatic heterocycles. The molecular formula is C13H17NO3. The molecule has 0 radical (unpaired) electrons. The van der Waals surface area contributed by atoms with Gasteiger partial charge in [-0.05, 0) is 24.5 Å². The lowest BCUT2D eigenvalue weighted by Gasteiger charge is -2.17. The number of rotatable bonds is 6. The minimum Gasteiger partial charge on any atom is -0.480 e. The molecule has 1 rings (SSSR count). The van der Waals surface area contributed by atoms with Crippen LogP contribution in [0, 0.1) is 0 Å². The molecule has 17 heavy (non-hydrogen) atoms. The first-order valence-electron chi connectivity index (χ1n) is 5.52. The summed E-state index contributed by atoms with van der Waals surface area (Å²) in [5.74, 6) is 0.101. The molecule has 1 aromatic rings. The highest BCUT2D eigenvalue weighted by Crippen LogP contribution is 2.20. The normalized spacial score (nSPS) is 11.6. The van der Waals surface area contributed by atoms with Gasteiger partial charge in [0.1, 0.15) is 5.75 Å². The van der Waals surface area contributed by atoms with Crippen molar-refractivity contribution >= 4 is 5.91 Å². The third-order valence-electron chi connectivity index (χ3n) is 2.38. The maximum atomic E-state index is 11.3. The molecule has 0 saturated carbocycles. The smallest absolute Gasteiger partial charge is 0.284 e. The van der Waals surface area contributed by atoms with Crippen LogP contribution in [0.1, 0.15) is 18.9 Å². The third-order valence-corrected chi connectivity index (χ3v) is 2.38. The Morgan fingerprint density at radius 2 is 2.29 bits per heavy atom. The molecule has 4 nitrogen and oxygen atoms in total. The number of nitrogens with one attached hydrogen (secondary N) is 1. The van der Waals surface area contributed by atoms with Crippen molar-refractivity contribution in [3.8, 4) is 5.75 Å². The summed E-state index contributed by atoms with van der Waals surface area (Å²) in [6, 6.07) is 7.46. The van der Waals surface area contributed by atoms with Gasteiger partial charge in [-0.25, -0.2) is 5.48 Å². The van der Waals surface area contributed by atoms with Crippen molar-refractivity contribution in [3.63, 3.8) is 0 Å². The van der Waals surface area contributed by atoms with Gasteiger partial charge < -0.3 is 4.74 Å². The van der Waals surface area contributed by atoms with Crippen LogP contribution in [0.4, 0.5) is 0 Å². The van der Waals surface area contributed by atoms with Crippen LogP contribution in [-0.4, -0.2) is 17.2 Å². The average Bonchev–Trinajstić information content (AvgIpc) is 2.37. The van der Waals surface area contributed by atoms with Gasteiger partial charge in [0, 0.05) is 0 Å². The van der Waals surface area contributed by atoms with Crippen LogP contribution < -0.4 is 10.2 Å². The van der Waals surface area contributed by atoms with Crippen LogP contribution in [0.15, 0.2) is 36.9 Å². The average molecular weight is 235 g/mol. The number of allylic oxidation sites excluding steroid dienone is 1. The summed E-state index contributed by atoms with van der Waals surface area (Å²) >= 11 is 0. The first kappa shape index (κ1) is 13.3. The number of hydroxylamine groups is 1. The number of benzene rings is 1. The summed E-state index contributed by atoms with van der Waals surface area (Å²) in [7, 11) is 0. The maximum Gasteiger partial charge on any atom is 0.284 e. The fourth-order valence-corrected chi connectivity index (χ4v) is 1.49. The van der Waals surface area contributed by atoms with Gasteiger partial charge in [-0.15, -0.1) is 6.58 Å². The number of carbonyl (C=O) groups excluding carboxylic acids is 1. The number of hydrogen-bond donors (Lipinski definition) is 2. The second-order valence-electron chi connectivity index (χ2n) is 3.59. The molecule has 2 N–H and O–H groups in total. The van der Waals surface area contributed by atoms with Gasteiger partial charge in [0.2, 0.25) is 0 Å². The topological polar surface area (TPSA) is 58.6 Å². The van der Waals surface area contributed by atoms with Crippen LogP contribution in [0.2, 0.25) is 0 Å². The van der Waals surface area contributed by atoms with E-state index in [1.807, 2.05) is 25.1 Å². The van der Waals surface area contributed by atoms with E-state index >= 15 is 0 Å². The first-order chi connectivity index (χ1) is 8.22. The van der Waals surface area contributed by atoms with Crippen molar-refractivity contribution in [1.29, 1.82) is 0 Å². The predicted molar refractivity (Wildman–Crippen MR) is 65.0 cm³/mol. The molecule has 1 amide bonds. The van der Waals surface area contributed by atoms with E-state index in [0.29, 0.717) is 18.6 Å². The van der Waals surface area contributed by atoms with E-state index in [9.17, 15) is 4.79 Å². The van der Waals surface area contributed by atoms with Gasteiger partial charge in [-0.1, -0.05) is 31.2 Å². The summed E-state index contributed by atoms with van der Waals surface area (Å²) in [4.78, 5) is 11.3. The van der Waals surface area contributed by atoms with Gasteiger partial charge in [0.15, 0.2) is 6.10 Å². The second-order valence-corrected chi connectivity index (χ2v) is 3.59. The van der Waals surface area contributed by atoms with Crippen molar-refractivity contribution in [2.45, 2.75) is 25.9 Å². The summed E-state index contributed by atoms with van der Waals surface area (Å²) < 4.78 is 5.58. The highest BCUT2D eigenvalue weighted by Gasteiger charge is 2.18. The van der Waals surface area contributed by atoms with Gasteiger partial charge in [-0.3, -0.25) is 10.0 Å². The molecule has 92 valence electrons. The highest BCUT2D eigenvalue weighted by molar-refractivity contribution is 5.79. The van der Waals surface area contributed by atoms with Crippen LogP contribution in [0.3, 0.4) is 0 Å². The molecule has 0 aliphatic carbocycles. The van der Waals surface area contributed by atoms with Crippen LogP contribution >= 0.6 is 0 Å². The molecule has 0 aliphatic rings. The number of amides is 1. The number of carbonyl (C=O) groups is 1. The van der Waals surface area contributed by atoms with E-state index in [0.717, 1.165) is 5.56 Å². The molecular weight excluding hydrogens is 218 g/mol. The molecule has 4 heteroatoms. The Bertz CT molecular complexity index is 390. The minimum absolute atomic E-state index is 0.481. The monoisotopic (exact) mass is 235 g/mol. The van der Waals surface area contributed by atoms with Crippen LogP contribution in [0.5, 0.6) is 5.75 Å². The number of para-hydroxylation sites is 1. The molecule has 0 aliphatic heterocycles. The predicted octanol–water partition coefficient (Wildman–Crippen LogP) is 2.08. The highest BCUT2D eigenvalue weighted by atomic mass is 16.5. The molecule has 1 atom stereocenters. The molecule has 0 unspecified atom stereocenters. The molecule has 0 spiro atoms. The fourth-order valence-electron chi connectivity index (χ4n) is 1.49. The Balaban J connectivity index is 2.85. The van der Waals surface area contributed by atoms with Crippen molar-refractivity contribution in [2.24, 2.45) is 0 Å². The van der Waals surface area contributed by atoms with E-state index in [2.05, 4.69) is 6.58 Å². The Labute approximate surface area is 101 Å². The zero-order valence-corrected chi connectivity index (χ0v) is 9.85. The zero-order valence-electron chi connectivity index (χ0n) is 9.85. The molecule has 1 aromatic carbocycles. The summed E-state index contributed by atoms with van der Waals surface area (Å²) in [5.41, 5.74) is 2.57. The fraction of sp³-hybridized carbons (Fsp3) is 0.308. The van der Waals surface area contributed by atoms with Gasteiger partial charge in [0.25, 0.3) is 5.91 Å². The lowest BCUT2D eigenvalue weighted by molar-refractivity contribution is -0.136. The maximum absolute atomic E-state index is 11.3. The summed E-state index contributed by atoms with van der Waals surface area (Å²) in [6.07, 6.45) is 2.24. The van der Waals surface area contributed by atoms with Gasteiger partial charge >= 0.3 is 0 Å². The summed E-state index contributed by atoms with van der Waals surface area (Å²) in [6.45, 7) is 5.49. The molecule has 0 saturated heterocycles. The van der Waals surface area contributed by atoms with Crippen LogP contribution in [0.25, 0.3) is 0 Å². The Morgan fingerprint density at radius 1 is 1.59 bits per heavy atom. The van der Waals surface area contributed by atoms with E-state index in [1.165, 1.54) is 0 Å². The number of hydrogen-bond acceptors (Lipinski definition) is 3. The molecule has 0 bridgehead atoms. The lowest BCUT2D eigenvalue weighted by atomic mass is 10.1. The second kappa shape index (κ2) is 6.70. The Morgan fingerprint density at radius 3 is 2.88 bits per heavy atom.